The summed E-state index contributed by atoms with van der Waals surface area (Å²) < 4.78 is 16.1. The van der Waals surface area contributed by atoms with Crippen molar-refractivity contribution in [3.05, 3.63) is 0 Å². The monoisotopic (exact) mass is 206 g/mol. The third-order valence-electron chi connectivity index (χ3n) is 1.90. The lowest BCUT2D eigenvalue weighted by molar-refractivity contribution is -0.168. The molecule has 1 unspecified atom stereocenters. The molecule has 1 heterocycles. The molecule has 13 heavy (non-hydrogen) atoms. The van der Waals surface area contributed by atoms with Crippen LogP contribution in [0.3, 0.4) is 0 Å². The van der Waals surface area contributed by atoms with Crippen LogP contribution in [-0.4, -0.2) is 38.5 Å². The molecule has 3 nitrogen and oxygen atoms in total. The van der Waals surface area contributed by atoms with Crippen molar-refractivity contribution in [2.75, 3.05) is 32.2 Å². The summed E-state index contributed by atoms with van der Waals surface area (Å²) in [7, 11) is 0. The van der Waals surface area contributed by atoms with Crippen LogP contribution in [0.1, 0.15) is 19.3 Å². The lowest BCUT2D eigenvalue weighted by Gasteiger charge is -2.22. The molecule has 1 aliphatic heterocycles. The molecule has 78 valence electrons. The quantitative estimate of drug-likeness (QED) is 0.527. The highest BCUT2D eigenvalue weighted by atomic mass is 32.1. The predicted molar refractivity (Wildman–Crippen MR) is 54.2 cm³/mol. The van der Waals surface area contributed by atoms with Gasteiger partial charge in [0.05, 0.1) is 19.8 Å². The summed E-state index contributed by atoms with van der Waals surface area (Å²) in [4.78, 5) is 0. The third-order valence-corrected chi connectivity index (χ3v) is 2.09. The molecule has 1 saturated heterocycles. The van der Waals surface area contributed by atoms with Crippen LogP contribution >= 0.6 is 12.6 Å². The van der Waals surface area contributed by atoms with Crippen molar-refractivity contribution in [2.24, 2.45) is 0 Å². The zero-order valence-electron chi connectivity index (χ0n) is 7.91. The van der Waals surface area contributed by atoms with Crippen LogP contribution < -0.4 is 0 Å². The first-order chi connectivity index (χ1) is 6.43. The smallest absolute Gasteiger partial charge is 0.157 e. The van der Waals surface area contributed by atoms with Gasteiger partial charge in [0.25, 0.3) is 0 Å². The zero-order chi connectivity index (χ0) is 9.36. The Kier molecular flexibility index (Phi) is 6.62. The molecule has 0 N–H and O–H groups in total. The highest BCUT2D eigenvalue weighted by molar-refractivity contribution is 7.80. The minimum atomic E-state index is 0.00773. The first-order valence-electron chi connectivity index (χ1n) is 4.85. The zero-order valence-corrected chi connectivity index (χ0v) is 8.80. The Balaban J connectivity index is 1.86. The standard InChI is InChI=1S/C9H18O3S/c13-8-7-10-5-6-12-9-3-1-2-4-11-9/h9,13H,1-8H2. The van der Waals surface area contributed by atoms with Crippen molar-refractivity contribution in [1.29, 1.82) is 0 Å². The molecular formula is C9H18O3S. The maximum absolute atomic E-state index is 5.46. The average Bonchev–Trinajstić information content (AvgIpc) is 2.19. The van der Waals surface area contributed by atoms with Gasteiger partial charge in [0.2, 0.25) is 0 Å². The Hall–Kier alpha value is 0.230. The second-order valence-corrected chi connectivity index (χ2v) is 3.45. The first-order valence-corrected chi connectivity index (χ1v) is 5.48. The summed E-state index contributed by atoms with van der Waals surface area (Å²) in [5.41, 5.74) is 0. The molecule has 0 spiro atoms. The highest BCUT2D eigenvalue weighted by Gasteiger charge is 2.13. The average molecular weight is 206 g/mol. The normalized spacial score (nSPS) is 23.3. The van der Waals surface area contributed by atoms with Crippen LogP contribution in [0.5, 0.6) is 0 Å². The summed E-state index contributed by atoms with van der Waals surface area (Å²) in [6.07, 6.45) is 3.40. The summed E-state index contributed by atoms with van der Waals surface area (Å²) >= 11 is 4.03. The number of hydrogen-bond donors (Lipinski definition) is 1. The summed E-state index contributed by atoms with van der Waals surface area (Å²) in [6.45, 7) is 2.79. The van der Waals surface area contributed by atoms with Gasteiger partial charge in [0.15, 0.2) is 6.29 Å². The van der Waals surface area contributed by atoms with Crippen molar-refractivity contribution in [3.8, 4) is 0 Å². The van der Waals surface area contributed by atoms with Crippen LogP contribution in [0.25, 0.3) is 0 Å². The Bertz CT molecular complexity index is 115. The van der Waals surface area contributed by atoms with Gasteiger partial charge >= 0.3 is 0 Å². The second kappa shape index (κ2) is 7.62. The van der Waals surface area contributed by atoms with E-state index in [9.17, 15) is 0 Å². The van der Waals surface area contributed by atoms with Crippen molar-refractivity contribution < 1.29 is 14.2 Å². The molecule has 0 amide bonds. The van der Waals surface area contributed by atoms with Gasteiger partial charge in [0, 0.05) is 12.4 Å². The van der Waals surface area contributed by atoms with Gasteiger partial charge in [-0.15, -0.1) is 0 Å². The van der Waals surface area contributed by atoms with Gasteiger partial charge in [-0.2, -0.15) is 12.6 Å². The largest absolute Gasteiger partial charge is 0.378 e. The summed E-state index contributed by atoms with van der Waals surface area (Å²) in [6, 6.07) is 0. The summed E-state index contributed by atoms with van der Waals surface area (Å²) in [5.74, 6) is 0.764. The van der Waals surface area contributed by atoms with E-state index in [-0.39, 0.29) is 6.29 Å². The Morgan fingerprint density at radius 2 is 2.15 bits per heavy atom. The minimum absolute atomic E-state index is 0.00773. The minimum Gasteiger partial charge on any atom is -0.378 e. The van der Waals surface area contributed by atoms with E-state index < -0.39 is 0 Å². The molecule has 1 rings (SSSR count). The molecule has 0 radical (unpaired) electrons. The molecule has 0 aromatic heterocycles. The molecule has 0 aromatic carbocycles. The number of hydrogen-bond acceptors (Lipinski definition) is 4. The van der Waals surface area contributed by atoms with E-state index in [0.717, 1.165) is 25.2 Å². The molecule has 0 bridgehead atoms. The lowest BCUT2D eigenvalue weighted by Crippen LogP contribution is -2.24. The third kappa shape index (κ3) is 5.52. The molecule has 1 fully saturated rings. The molecule has 4 heteroatoms. The van der Waals surface area contributed by atoms with Crippen LogP contribution in [0.15, 0.2) is 0 Å². The van der Waals surface area contributed by atoms with Gasteiger partial charge in [-0.05, 0) is 19.3 Å². The van der Waals surface area contributed by atoms with Crippen LogP contribution in [-0.2, 0) is 14.2 Å². The van der Waals surface area contributed by atoms with E-state index in [1.807, 2.05) is 0 Å². The Morgan fingerprint density at radius 3 is 2.85 bits per heavy atom. The highest BCUT2D eigenvalue weighted by Crippen LogP contribution is 2.13. The fourth-order valence-electron chi connectivity index (χ4n) is 1.25. The SMILES string of the molecule is SCCOCCOC1CCCCO1. The lowest BCUT2D eigenvalue weighted by atomic mass is 10.2. The number of thiol groups is 1. The van der Waals surface area contributed by atoms with Crippen LogP contribution in [0.2, 0.25) is 0 Å². The van der Waals surface area contributed by atoms with E-state index in [1.165, 1.54) is 6.42 Å². The Labute approximate surface area is 85.1 Å². The number of rotatable bonds is 6. The topological polar surface area (TPSA) is 27.7 Å². The molecule has 1 atom stereocenters. The van der Waals surface area contributed by atoms with Crippen molar-refractivity contribution in [3.63, 3.8) is 0 Å². The van der Waals surface area contributed by atoms with Gasteiger partial charge in [-0.25, -0.2) is 0 Å². The first kappa shape index (κ1) is 11.3. The van der Waals surface area contributed by atoms with Gasteiger partial charge in [-0.3, -0.25) is 0 Å². The van der Waals surface area contributed by atoms with Crippen LogP contribution in [0.4, 0.5) is 0 Å². The van der Waals surface area contributed by atoms with Crippen molar-refractivity contribution >= 4 is 12.6 Å². The van der Waals surface area contributed by atoms with Gasteiger partial charge in [0.1, 0.15) is 0 Å². The van der Waals surface area contributed by atoms with E-state index in [2.05, 4.69) is 12.6 Å². The molecule has 1 aliphatic rings. The predicted octanol–water partition coefficient (Wildman–Crippen LogP) is 1.48. The van der Waals surface area contributed by atoms with E-state index in [4.69, 9.17) is 14.2 Å². The van der Waals surface area contributed by atoms with E-state index >= 15 is 0 Å². The Morgan fingerprint density at radius 1 is 1.23 bits per heavy atom. The van der Waals surface area contributed by atoms with E-state index in [1.54, 1.807) is 0 Å². The molecule has 0 saturated carbocycles. The van der Waals surface area contributed by atoms with Gasteiger partial charge in [-0.1, -0.05) is 0 Å². The van der Waals surface area contributed by atoms with Crippen molar-refractivity contribution in [2.45, 2.75) is 25.6 Å². The second-order valence-electron chi connectivity index (χ2n) is 3.00. The van der Waals surface area contributed by atoms with Crippen LogP contribution in [0, 0.1) is 0 Å². The fourth-order valence-corrected chi connectivity index (χ4v) is 1.38. The van der Waals surface area contributed by atoms with E-state index in [0.29, 0.717) is 19.8 Å². The maximum atomic E-state index is 5.46. The molecular weight excluding hydrogens is 188 g/mol. The fraction of sp³-hybridized carbons (Fsp3) is 1.00. The maximum Gasteiger partial charge on any atom is 0.157 e. The number of ether oxygens (including phenoxy) is 3. The van der Waals surface area contributed by atoms with Crippen molar-refractivity contribution in [1.82, 2.24) is 0 Å². The summed E-state index contributed by atoms with van der Waals surface area (Å²) in [5, 5.41) is 0. The molecule has 0 aliphatic carbocycles. The van der Waals surface area contributed by atoms with Gasteiger partial charge < -0.3 is 14.2 Å². The molecule has 0 aromatic rings.